The molecule has 1 amide bonds. The van der Waals surface area contributed by atoms with Gasteiger partial charge in [-0.3, -0.25) is 4.79 Å². The molecule has 76 valence electrons. The van der Waals surface area contributed by atoms with Gasteiger partial charge in [-0.05, 0) is 6.42 Å². The lowest BCUT2D eigenvalue weighted by atomic mass is 10.3. The SMILES string of the molecule is COC(=O)C#CCC/C=C/N(C)C=O. The third-order valence-electron chi connectivity index (χ3n) is 1.32. The average molecular weight is 195 g/mol. The maximum atomic E-state index is 10.5. The van der Waals surface area contributed by atoms with Gasteiger partial charge in [-0.2, -0.15) is 0 Å². The molecule has 0 aromatic rings. The molecule has 0 aliphatic heterocycles. The molecule has 0 N–H and O–H groups in total. The van der Waals surface area contributed by atoms with Gasteiger partial charge >= 0.3 is 5.97 Å². The van der Waals surface area contributed by atoms with Gasteiger partial charge in [0, 0.05) is 25.6 Å². The Hall–Kier alpha value is -1.76. The summed E-state index contributed by atoms with van der Waals surface area (Å²) in [7, 11) is 2.93. The maximum absolute atomic E-state index is 10.5. The molecule has 14 heavy (non-hydrogen) atoms. The predicted molar refractivity (Wildman–Crippen MR) is 52.0 cm³/mol. The number of nitrogens with zero attached hydrogens (tertiary/aromatic N) is 1. The van der Waals surface area contributed by atoms with E-state index in [1.165, 1.54) is 12.0 Å². The van der Waals surface area contributed by atoms with Crippen LogP contribution in [-0.2, 0) is 14.3 Å². The summed E-state index contributed by atoms with van der Waals surface area (Å²) >= 11 is 0. The third kappa shape index (κ3) is 6.92. The standard InChI is InChI=1S/C10H13NO3/c1-11(9-12)8-6-4-3-5-7-10(13)14-2/h6,8-9H,3-4H2,1-2H3/b8-6+. The van der Waals surface area contributed by atoms with E-state index in [4.69, 9.17) is 0 Å². The molecule has 0 radical (unpaired) electrons. The lowest BCUT2D eigenvalue weighted by molar-refractivity contribution is -0.133. The van der Waals surface area contributed by atoms with Gasteiger partial charge in [-0.1, -0.05) is 12.0 Å². The van der Waals surface area contributed by atoms with Gasteiger partial charge in [-0.25, -0.2) is 4.79 Å². The molecule has 0 bridgehead atoms. The number of hydrogen-bond donors (Lipinski definition) is 0. The van der Waals surface area contributed by atoms with Crippen molar-refractivity contribution in [3.05, 3.63) is 12.3 Å². The van der Waals surface area contributed by atoms with Crippen molar-refractivity contribution in [3.8, 4) is 11.8 Å². The number of amides is 1. The minimum Gasteiger partial charge on any atom is -0.459 e. The van der Waals surface area contributed by atoms with Gasteiger partial charge in [0.15, 0.2) is 0 Å². The molecular weight excluding hydrogens is 182 g/mol. The van der Waals surface area contributed by atoms with Crippen LogP contribution in [0, 0.1) is 11.8 Å². The lowest BCUT2D eigenvalue weighted by Gasteiger charge is -1.99. The largest absolute Gasteiger partial charge is 0.459 e. The van der Waals surface area contributed by atoms with E-state index in [0.29, 0.717) is 19.3 Å². The Kier molecular flexibility index (Phi) is 6.88. The molecule has 0 saturated carbocycles. The minimum atomic E-state index is -0.529. The molecule has 0 atom stereocenters. The number of rotatable bonds is 4. The van der Waals surface area contributed by atoms with Crippen LogP contribution in [-0.4, -0.2) is 31.4 Å². The fourth-order valence-electron chi connectivity index (χ4n) is 0.617. The topological polar surface area (TPSA) is 46.6 Å². The van der Waals surface area contributed by atoms with Gasteiger partial charge in [0.25, 0.3) is 0 Å². The zero-order valence-electron chi connectivity index (χ0n) is 8.32. The quantitative estimate of drug-likeness (QED) is 0.216. The summed E-state index contributed by atoms with van der Waals surface area (Å²) in [5.41, 5.74) is 0. The van der Waals surface area contributed by atoms with E-state index < -0.39 is 5.97 Å². The molecule has 0 fully saturated rings. The average Bonchev–Trinajstić information content (AvgIpc) is 2.22. The molecular formula is C10H13NO3. The van der Waals surface area contributed by atoms with E-state index in [9.17, 15) is 9.59 Å². The molecule has 4 heteroatoms. The van der Waals surface area contributed by atoms with Crippen molar-refractivity contribution >= 4 is 12.4 Å². The first-order valence-electron chi connectivity index (χ1n) is 4.11. The highest BCUT2D eigenvalue weighted by Gasteiger charge is 1.87. The summed E-state index contributed by atoms with van der Waals surface area (Å²) in [6.07, 6.45) is 5.42. The number of hydrogen-bond acceptors (Lipinski definition) is 3. The van der Waals surface area contributed by atoms with Crippen molar-refractivity contribution in [1.29, 1.82) is 0 Å². The minimum absolute atomic E-state index is 0.529. The van der Waals surface area contributed by atoms with Crippen molar-refractivity contribution in [1.82, 2.24) is 4.90 Å². The van der Waals surface area contributed by atoms with Crippen molar-refractivity contribution in [2.45, 2.75) is 12.8 Å². The highest BCUT2D eigenvalue weighted by atomic mass is 16.5. The second-order valence-electron chi connectivity index (χ2n) is 2.49. The van der Waals surface area contributed by atoms with Gasteiger partial charge in [0.05, 0.1) is 7.11 Å². The summed E-state index contributed by atoms with van der Waals surface area (Å²) in [6, 6.07) is 0. The molecule has 0 aromatic carbocycles. The molecule has 0 saturated heterocycles. The number of unbranched alkanes of at least 4 members (excludes halogenated alkanes) is 1. The van der Waals surface area contributed by atoms with Crippen LogP contribution in [0.15, 0.2) is 12.3 Å². The molecule has 0 aliphatic rings. The van der Waals surface area contributed by atoms with Crippen LogP contribution in [0.2, 0.25) is 0 Å². The summed E-state index contributed by atoms with van der Waals surface area (Å²) in [5.74, 6) is 4.42. The zero-order valence-corrected chi connectivity index (χ0v) is 8.32. The van der Waals surface area contributed by atoms with Crippen LogP contribution < -0.4 is 0 Å². The number of esters is 1. The van der Waals surface area contributed by atoms with Crippen LogP contribution in [0.25, 0.3) is 0 Å². The van der Waals surface area contributed by atoms with Crippen molar-refractivity contribution in [2.24, 2.45) is 0 Å². The first-order chi connectivity index (χ1) is 6.70. The fourth-order valence-corrected chi connectivity index (χ4v) is 0.617. The van der Waals surface area contributed by atoms with Crippen LogP contribution in [0.4, 0.5) is 0 Å². The van der Waals surface area contributed by atoms with Crippen molar-refractivity contribution < 1.29 is 14.3 Å². The lowest BCUT2D eigenvalue weighted by Crippen LogP contribution is -2.05. The zero-order chi connectivity index (χ0) is 10.8. The summed E-state index contributed by atoms with van der Waals surface area (Å²) < 4.78 is 4.33. The monoisotopic (exact) mass is 195 g/mol. The second kappa shape index (κ2) is 7.87. The molecule has 4 nitrogen and oxygen atoms in total. The van der Waals surface area contributed by atoms with Gasteiger partial charge in [0.1, 0.15) is 0 Å². The number of carbonyl (C=O) groups is 2. The Bertz CT molecular complexity index is 273. The van der Waals surface area contributed by atoms with Crippen molar-refractivity contribution in [2.75, 3.05) is 14.2 Å². The highest BCUT2D eigenvalue weighted by Crippen LogP contribution is 1.90. The van der Waals surface area contributed by atoms with Gasteiger partial charge in [0.2, 0.25) is 6.41 Å². The smallest absolute Gasteiger partial charge is 0.384 e. The Labute approximate surface area is 83.5 Å². The number of carbonyl (C=O) groups excluding carboxylic acids is 2. The molecule has 0 unspecified atom stereocenters. The van der Waals surface area contributed by atoms with Crippen LogP contribution >= 0.6 is 0 Å². The predicted octanol–water partition coefficient (Wildman–Crippen LogP) is 0.545. The first kappa shape index (κ1) is 12.2. The summed E-state index contributed by atoms with van der Waals surface area (Å²) in [5, 5.41) is 0. The van der Waals surface area contributed by atoms with Crippen LogP contribution in [0.1, 0.15) is 12.8 Å². The van der Waals surface area contributed by atoms with E-state index in [0.717, 1.165) is 0 Å². The highest BCUT2D eigenvalue weighted by molar-refractivity contribution is 5.88. The Morgan fingerprint density at radius 1 is 1.57 bits per heavy atom. The van der Waals surface area contributed by atoms with Crippen LogP contribution in [0.5, 0.6) is 0 Å². The maximum Gasteiger partial charge on any atom is 0.384 e. The summed E-state index contributed by atoms with van der Waals surface area (Å²) in [6.45, 7) is 0. The molecule has 0 aliphatic carbocycles. The second-order valence-corrected chi connectivity index (χ2v) is 2.49. The molecule has 0 aromatic heterocycles. The van der Waals surface area contributed by atoms with E-state index in [1.54, 1.807) is 19.3 Å². The Morgan fingerprint density at radius 2 is 2.29 bits per heavy atom. The van der Waals surface area contributed by atoms with E-state index in [-0.39, 0.29) is 0 Å². The fraction of sp³-hybridized carbons (Fsp3) is 0.400. The van der Waals surface area contributed by atoms with Crippen LogP contribution in [0.3, 0.4) is 0 Å². The molecule has 0 heterocycles. The summed E-state index contributed by atoms with van der Waals surface area (Å²) in [4.78, 5) is 22.1. The molecule has 0 rings (SSSR count). The van der Waals surface area contributed by atoms with Gasteiger partial charge < -0.3 is 9.64 Å². The first-order valence-corrected chi connectivity index (χ1v) is 4.11. The Morgan fingerprint density at radius 3 is 2.86 bits per heavy atom. The Balaban J connectivity index is 3.63. The number of ether oxygens (including phenoxy) is 1. The van der Waals surface area contributed by atoms with Crippen molar-refractivity contribution in [3.63, 3.8) is 0 Å². The normalized spacial score (nSPS) is 9.00. The van der Waals surface area contributed by atoms with E-state index >= 15 is 0 Å². The third-order valence-corrected chi connectivity index (χ3v) is 1.32. The molecule has 0 spiro atoms. The van der Waals surface area contributed by atoms with E-state index in [2.05, 4.69) is 16.6 Å². The number of allylic oxidation sites excluding steroid dienone is 1. The van der Waals surface area contributed by atoms with Gasteiger partial charge in [-0.15, -0.1) is 0 Å². The number of methoxy groups -OCH3 is 1. The van der Waals surface area contributed by atoms with E-state index in [1.807, 2.05) is 0 Å².